The number of likely N-dealkylation sites (tertiary alicyclic amines) is 1. The third-order valence-electron chi connectivity index (χ3n) is 7.57. The predicted octanol–water partition coefficient (Wildman–Crippen LogP) is 7.53. The molecule has 194 valence electrons. The highest BCUT2D eigenvalue weighted by Gasteiger charge is 2.19. The number of nitrogens with zero attached hydrogens (tertiary/aromatic N) is 2. The normalized spacial score (nSPS) is 16.9. The quantitative estimate of drug-likeness (QED) is 0.271. The zero-order valence-corrected chi connectivity index (χ0v) is 23.6. The number of hydrogen-bond acceptors (Lipinski definition) is 3. The van der Waals surface area contributed by atoms with Crippen LogP contribution in [0, 0.1) is 5.92 Å². The number of benzene rings is 3. The summed E-state index contributed by atoms with van der Waals surface area (Å²) < 4.78 is 0. The van der Waals surface area contributed by atoms with E-state index in [1.54, 1.807) is 11.1 Å². The van der Waals surface area contributed by atoms with E-state index >= 15 is 0 Å². The van der Waals surface area contributed by atoms with E-state index in [0.29, 0.717) is 0 Å². The third-order valence-corrected chi connectivity index (χ3v) is 8.60. The zero-order chi connectivity index (χ0) is 23.0. The van der Waals surface area contributed by atoms with E-state index in [1.165, 1.54) is 67.0 Å². The number of rotatable bonds is 8. The first kappa shape index (κ1) is 29.1. The molecule has 0 spiro atoms. The van der Waals surface area contributed by atoms with Gasteiger partial charge >= 0.3 is 0 Å². The Morgan fingerprint density at radius 1 is 0.639 bits per heavy atom. The largest absolute Gasteiger partial charge is 0.299 e. The first-order valence-corrected chi connectivity index (χ1v) is 14.1. The summed E-state index contributed by atoms with van der Waals surface area (Å²) in [4.78, 5) is 6.72. The highest BCUT2D eigenvalue weighted by molar-refractivity contribution is 7.99. The number of hydrogen-bond donors (Lipinski definition) is 0. The molecular weight excluding hydrogens is 503 g/mol. The zero-order valence-electron chi connectivity index (χ0n) is 21.2. The van der Waals surface area contributed by atoms with Crippen LogP contribution < -0.4 is 0 Å². The minimum Gasteiger partial charge on any atom is -0.299 e. The Morgan fingerprint density at radius 2 is 1.19 bits per heavy atom. The van der Waals surface area contributed by atoms with Crippen molar-refractivity contribution in [3.63, 3.8) is 0 Å². The lowest BCUT2D eigenvalue weighted by molar-refractivity contribution is 0.175. The maximum atomic E-state index is 2.63. The molecule has 2 aliphatic heterocycles. The second-order valence-electron chi connectivity index (χ2n) is 10.0. The summed E-state index contributed by atoms with van der Waals surface area (Å²) in [6, 6.07) is 29.1. The van der Waals surface area contributed by atoms with Crippen LogP contribution in [0.4, 0.5) is 0 Å². The Morgan fingerprint density at radius 3 is 1.81 bits per heavy atom. The van der Waals surface area contributed by atoms with Crippen molar-refractivity contribution in [2.75, 3.05) is 31.9 Å². The number of fused-ring (bicyclic) bond motifs is 1. The van der Waals surface area contributed by atoms with Gasteiger partial charge in [-0.3, -0.25) is 9.80 Å². The van der Waals surface area contributed by atoms with Gasteiger partial charge in [0.25, 0.3) is 0 Å². The summed E-state index contributed by atoms with van der Waals surface area (Å²) in [6.45, 7) is 7.01. The van der Waals surface area contributed by atoms with Gasteiger partial charge in [-0.05, 0) is 91.3 Å². The molecule has 5 heteroatoms. The molecule has 1 fully saturated rings. The summed E-state index contributed by atoms with van der Waals surface area (Å²) >= 11 is 2.07. The molecule has 0 atom stereocenters. The van der Waals surface area contributed by atoms with Crippen LogP contribution >= 0.6 is 36.6 Å². The Hall–Kier alpha value is -1.49. The van der Waals surface area contributed by atoms with Crippen LogP contribution in [0.3, 0.4) is 0 Å². The average Bonchev–Trinajstić information content (AvgIpc) is 3.08. The van der Waals surface area contributed by atoms with E-state index in [2.05, 4.69) is 100 Å². The van der Waals surface area contributed by atoms with Gasteiger partial charge in [0.2, 0.25) is 0 Å². The van der Waals surface area contributed by atoms with Crippen molar-refractivity contribution < 1.29 is 0 Å². The molecule has 0 saturated carbocycles. The first-order valence-electron chi connectivity index (χ1n) is 13.1. The highest BCUT2D eigenvalue weighted by Crippen LogP contribution is 2.29. The van der Waals surface area contributed by atoms with E-state index in [-0.39, 0.29) is 24.8 Å². The minimum atomic E-state index is 0. The smallest absolute Gasteiger partial charge is 0.0233 e. The van der Waals surface area contributed by atoms with Gasteiger partial charge in [0.05, 0.1) is 0 Å². The Balaban J connectivity index is 0.00000180. The number of halogens is 2. The highest BCUT2D eigenvalue weighted by atomic mass is 35.5. The summed E-state index contributed by atoms with van der Waals surface area (Å²) in [6.07, 6.45) is 6.42. The number of thioether (sulfide) groups is 1. The molecule has 0 bridgehead atoms. The lowest BCUT2D eigenvalue weighted by Gasteiger charge is -2.32. The first-order chi connectivity index (χ1) is 16.8. The van der Waals surface area contributed by atoms with Gasteiger partial charge in [0.1, 0.15) is 0 Å². The van der Waals surface area contributed by atoms with Crippen molar-refractivity contribution in [2.24, 2.45) is 5.92 Å². The molecule has 0 radical (unpaired) electrons. The summed E-state index contributed by atoms with van der Waals surface area (Å²) in [5, 5.41) is 0. The van der Waals surface area contributed by atoms with Gasteiger partial charge in [-0.1, -0.05) is 66.7 Å². The molecule has 0 N–H and O–H groups in total. The third kappa shape index (κ3) is 8.53. The molecule has 2 heterocycles. The van der Waals surface area contributed by atoms with Crippen LogP contribution in [0.25, 0.3) is 0 Å². The van der Waals surface area contributed by atoms with Crippen molar-refractivity contribution in [3.8, 4) is 0 Å². The Bertz CT molecular complexity index is 1020. The van der Waals surface area contributed by atoms with E-state index in [1.807, 2.05) is 0 Å². The average molecular weight is 544 g/mol. The van der Waals surface area contributed by atoms with Gasteiger partial charge in [-0.25, -0.2) is 0 Å². The van der Waals surface area contributed by atoms with Crippen LogP contribution in [0.15, 0.2) is 83.8 Å². The van der Waals surface area contributed by atoms with Gasteiger partial charge in [-0.2, -0.15) is 0 Å². The van der Waals surface area contributed by atoms with Crippen molar-refractivity contribution in [3.05, 3.63) is 101 Å². The molecule has 0 aliphatic carbocycles. The molecule has 1 saturated heterocycles. The van der Waals surface area contributed by atoms with Gasteiger partial charge in [0, 0.05) is 31.1 Å². The molecule has 0 aromatic heterocycles. The topological polar surface area (TPSA) is 6.48 Å². The minimum absolute atomic E-state index is 0. The Labute approximate surface area is 234 Å². The van der Waals surface area contributed by atoms with Crippen molar-refractivity contribution in [2.45, 2.75) is 50.1 Å². The van der Waals surface area contributed by atoms with E-state index in [4.69, 9.17) is 0 Å². The van der Waals surface area contributed by atoms with Crippen LogP contribution in [0.2, 0.25) is 0 Å². The predicted molar refractivity (Wildman–Crippen MR) is 160 cm³/mol. The van der Waals surface area contributed by atoms with Crippen molar-refractivity contribution in [1.82, 2.24) is 9.80 Å². The van der Waals surface area contributed by atoms with Crippen LogP contribution in [-0.4, -0.2) is 41.7 Å². The molecule has 3 aromatic rings. The van der Waals surface area contributed by atoms with Gasteiger partial charge < -0.3 is 0 Å². The second-order valence-corrected chi connectivity index (χ2v) is 11.2. The van der Waals surface area contributed by atoms with Crippen LogP contribution in [0.5, 0.6) is 0 Å². The SMILES string of the molecule is Cl.Cl.c1ccc(CN2CCc3ccc(SCCC4CCN(Cc5ccccc5)CC4)cc3CC2)cc1. The van der Waals surface area contributed by atoms with Crippen LogP contribution in [-0.2, 0) is 25.9 Å². The van der Waals surface area contributed by atoms with E-state index < -0.39 is 0 Å². The maximum Gasteiger partial charge on any atom is 0.0233 e. The fourth-order valence-electron chi connectivity index (χ4n) is 5.46. The molecule has 0 unspecified atom stereocenters. The van der Waals surface area contributed by atoms with E-state index in [0.717, 1.165) is 32.1 Å². The fraction of sp³-hybridized carbons (Fsp3) is 0.419. The van der Waals surface area contributed by atoms with Crippen LogP contribution in [0.1, 0.15) is 41.5 Å². The summed E-state index contributed by atoms with van der Waals surface area (Å²) in [5.74, 6) is 2.15. The second kappa shape index (κ2) is 15.1. The summed E-state index contributed by atoms with van der Waals surface area (Å²) in [5.41, 5.74) is 6.01. The molecule has 3 aromatic carbocycles. The maximum absolute atomic E-state index is 2.63. The summed E-state index contributed by atoms with van der Waals surface area (Å²) in [7, 11) is 0. The monoisotopic (exact) mass is 542 g/mol. The Kier molecular flexibility index (Phi) is 12.2. The van der Waals surface area contributed by atoms with Crippen molar-refractivity contribution in [1.29, 1.82) is 0 Å². The number of piperidine rings is 1. The fourth-order valence-corrected chi connectivity index (χ4v) is 6.53. The van der Waals surface area contributed by atoms with Gasteiger partial charge in [-0.15, -0.1) is 36.6 Å². The molecule has 2 aliphatic rings. The molecular formula is C31H40Cl2N2S. The molecule has 5 rings (SSSR count). The van der Waals surface area contributed by atoms with Gasteiger partial charge in [0.15, 0.2) is 0 Å². The molecule has 0 amide bonds. The van der Waals surface area contributed by atoms with Crippen molar-refractivity contribution >= 4 is 36.6 Å². The molecule has 2 nitrogen and oxygen atoms in total. The molecule has 36 heavy (non-hydrogen) atoms. The standard InChI is InChI=1S/C31H38N2S.2ClH/c1-3-7-27(8-4-1)24-32-18-13-26(14-19-32)17-22-34-31-12-11-29-15-20-33(21-16-30(29)23-31)25-28-9-5-2-6-10-28;;/h1-12,23,26H,13-22,24-25H2;2*1H. The lowest BCUT2D eigenvalue weighted by atomic mass is 9.94. The lowest BCUT2D eigenvalue weighted by Crippen LogP contribution is -2.33. The van der Waals surface area contributed by atoms with E-state index in [9.17, 15) is 0 Å².